The SMILES string of the molecule is CCCCCCC(O)C/C=C/CCCCCCCC(=O)[O-].[K+]. The first-order chi connectivity index (χ1) is 10.2. The Kier molecular flexibility index (Phi) is 22.6. The minimum absolute atomic E-state index is 0. The van der Waals surface area contributed by atoms with Gasteiger partial charge < -0.3 is 15.0 Å². The molecule has 0 saturated carbocycles. The summed E-state index contributed by atoms with van der Waals surface area (Å²) in [5.41, 5.74) is 0. The van der Waals surface area contributed by atoms with E-state index in [1.807, 2.05) is 0 Å². The van der Waals surface area contributed by atoms with E-state index >= 15 is 0 Å². The topological polar surface area (TPSA) is 60.4 Å². The van der Waals surface area contributed by atoms with Gasteiger partial charge >= 0.3 is 51.4 Å². The fraction of sp³-hybridized carbons (Fsp3) is 0.833. The fourth-order valence-corrected chi connectivity index (χ4v) is 2.36. The molecule has 0 aromatic rings. The molecular weight excluding hydrogens is 303 g/mol. The Bertz CT molecular complexity index is 267. The summed E-state index contributed by atoms with van der Waals surface area (Å²) in [6.45, 7) is 2.20. The normalized spacial score (nSPS) is 12.3. The summed E-state index contributed by atoms with van der Waals surface area (Å²) in [4.78, 5) is 10.2. The van der Waals surface area contributed by atoms with Crippen molar-refractivity contribution in [2.45, 2.75) is 96.5 Å². The zero-order chi connectivity index (χ0) is 15.8. The zero-order valence-corrected chi connectivity index (χ0v) is 17.8. The number of carboxylic acids is 1. The minimum Gasteiger partial charge on any atom is -0.550 e. The summed E-state index contributed by atoms with van der Waals surface area (Å²) in [6, 6.07) is 0. The molecule has 0 amide bonds. The second kappa shape index (κ2) is 19.9. The van der Waals surface area contributed by atoms with Crippen molar-refractivity contribution in [2.24, 2.45) is 0 Å². The van der Waals surface area contributed by atoms with Crippen LogP contribution in [0.25, 0.3) is 0 Å². The molecule has 1 N–H and O–H groups in total. The molecule has 0 spiro atoms. The van der Waals surface area contributed by atoms with Crippen LogP contribution < -0.4 is 56.5 Å². The average molecular weight is 337 g/mol. The molecule has 0 bridgehead atoms. The largest absolute Gasteiger partial charge is 1.00 e. The van der Waals surface area contributed by atoms with Crippen molar-refractivity contribution in [2.75, 3.05) is 0 Å². The number of aliphatic carboxylic acids is 1. The number of rotatable bonds is 15. The molecule has 0 aromatic carbocycles. The maximum atomic E-state index is 10.2. The maximum absolute atomic E-state index is 10.2. The van der Waals surface area contributed by atoms with Crippen LogP contribution in [0, 0.1) is 0 Å². The Morgan fingerprint density at radius 2 is 1.64 bits per heavy atom. The number of unbranched alkanes of at least 4 members (excludes halogenated alkanes) is 8. The Hall–Kier alpha value is 0.806. The molecule has 0 fully saturated rings. The molecule has 0 rings (SSSR count). The van der Waals surface area contributed by atoms with Gasteiger partial charge in [-0.1, -0.05) is 64.0 Å². The second-order valence-corrected chi connectivity index (χ2v) is 5.89. The molecule has 124 valence electrons. The van der Waals surface area contributed by atoms with E-state index in [4.69, 9.17) is 0 Å². The molecule has 0 aliphatic heterocycles. The molecule has 22 heavy (non-hydrogen) atoms. The first kappa shape index (κ1) is 25.1. The minimum atomic E-state index is -0.939. The van der Waals surface area contributed by atoms with Gasteiger partial charge in [-0.15, -0.1) is 0 Å². The van der Waals surface area contributed by atoms with E-state index in [-0.39, 0.29) is 63.9 Å². The van der Waals surface area contributed by atoms with Crippen molar-refractivity contribution < 1.29 is 66.4 Å². The van der Waals surface area contributed by atoms with E-state index in [1.54, 1.807) is 0 Å². The molecule has 0 saturated heterocycles. The van der Waals surface area contributed by atoms with Crippen molar-refractivity contribution in [3.8, 4) is 0 Å². The molecule has 4 heteroatoms. The van der Waals surface area contributed by atoms with E-state index in [9.17, 15) is 15.0 Å². The van der Waals surface area contributed by atoms with E-state index in [2.05, 4.69) is 19.1 Å². The maximum Gasteiger partial charge on any atom is 1.00 e. The second-order valence-electron chi connectivity index (χ2n) is 5.89. The van der Waals surface area contributed by atoms with Gasteiger partial charge in [-0.2, -0.15) is 0 Å². The first-order valence-corrected chi connectivity index (χ1v) is 8.69. The number of carboxylic acid groups (broad SMARTS) is 1. The molecule has 3 nitrogen and oxygen atoms in total. The standard InChI is InChI=1S/C18H34O3.K/c1-2-3-4-11-14-17(19)15-12-9-7-5-6-8-10-13-16-18(20)21;/h9,12,17,19H,2-8,10-11,13-16H2,1H3,(H,20,21);/q;+1/p-1/b12-9+;. The molecule has 1 atom stereocenters. The van der Waals surface area contributed by atoms with Crippen LogP contribution >= 0.6 is 0 Å². The van der Waals surface area contributed by atoms with Gasteiger partial charge in [-0.05, 0) is 38.5 Å². The average Bonchev–Trinajstić information content (AvgIpc) is 2.45. The van der Waals surface area contributed by atoms with Crippen LogP contribution in [-0.2, 0) is 4.79 Å². The van der Waals surface area contributed by atoms with Crippen LogP contribution in [0.4, 0.5) is 0 Å². The van der Waals surface area contributed by atoms with Gasteiger partial charge in [-0.3, -0.25) is 0 Å². The van der Waals surface area contributed by atoms with Crippen LogP contribution in [-0.4, -0.2) is 17.2 Å². The van der Waals surface area contributed by atoms with Gasteiger partial charge in [0.05, 0.1) is 6.10 Å². The van der Waals surface area contributed by atoms with Gasteiger partial charge in [0.2, 0.25) is 0 Å². The Balaban J connectivity index is 0. The number of aliphatic hydroxyl groups is 1. The summed E-state index contributed by atoms with van der Waals surface area (Å²) < 4.78 is 0. The Morgan fingerprint density at radius 1 is 1.00 bits per heavy atom. The van der Waals surface area contributed by atoms with Crippen molar-refractivity contribution in [1.82, 2.24) is 0 Å². The van der Waals surface area contributed by atoms with Gasteiger partial charge in [0, 0.05) is 5.97 Å². The van der Waals surface area contributed by atoms with Gasteiger partial charge in [0.25, 0.3) is 0 Å². The molecule has 0 aliphatic carbocycles. The number of allylic oxidation sites excluding steroid dienone is 1. The van der Waals surface area contributed by atoms with Crippen molar-refractivity contribution >= 4 is 5.97 Å². The van der Waals surface area contributed by atoms with Crippen molar-refractivity contribution in [1.29, 1.82) is 0 Å². The van der Waals surface area contributed by atoms with Crippen LogP contribution in [0.15, 0.2) is 12.2 Å². The third-order valence-electron chi connectivity index (χ3n) is 3.72. The zero-order valence-electron chi connectivity index (χ0n) is 14.7. The summed E-state index contributed by atoms with van der Waals surface area (Å²) >= 11 is 0. The van der Waals surface area contributed by atoms with Crippen LogP contribution in [0.2, 0.25) is 0 Å². The van der Waals surface area contributed by atoms with Crippen molar-refractivity contribution in [3.63, 3.8) is 0 Å². The smallest absolute Gasteiger partial charge is 0.550 e. The summed E-state index contributed by atoms with van der Waals surface area (Å²) in [5.74, 6) is -0.939. The molecule has 0 radical (unpaired) electrons. The van der Waals surface area contributed by atoms with Gasteiger partial charge in [0.15, 0.2) is 0 Å². The van der Waals surface area contributed by atoms with E-state index < -0.39 is 5.97 Å². The van der Waals surface area contributed by atoms with Crippen LogP contribution in [0.1, 0.15) is 90.4 Å². The van der Waals surface area contributed by atoms with Gasteiger partial charge in [-0.25, -0.2) is 0 Å². The van der Waals surface area contributed by atoms with Crippen LogP contribution in [0.5, 0.6) is 0 Å². The molecular formula is C18H33KO3. The van der Waals surface area contributed by atoms with Crippen molar-refractivity contribution in [3.05, 3.63) is 12.2 Å². The van der Waals surface area contributed by atoms with E-state index in [0.717, 1.165) is 57.8 Å². The monoisotopic (exact) mass is 336 g/mol. The van der Waals surface area contributed by atoms with Gasteiger partial charge in [0.1, 0.15) is 0 Å². The molecule has 0 aromatic heterocycles. The predicted molar refractivity (Wildman–Crippen MR) is 85.8 cm³/mol. The van der Waals surface area contributed by atoms with E-state index in [1.165, 1.54) is 19.3 Å². The predicted octanol–water partition coefficient (Wildman–Crippen LogP) is 0.749. The molecule has 0 heterocycles. The summed E-state index contributed by atoms with van der Waals surface area (Å²) in [7, 11) is 0. The molecule has 0 aliphatic rings. The number of carbonyl (C=O) groups is 1. The summed E-state index contributed by atoms with van der Waals surface area (Å²) in [5, 5.41) is 20.0. The quantitative estimate of drug-likeness (QED) is 0.273. The number of hydrogen-bond donors (Lipinski definition) is 1. The molecule has 1 unspecified atom stereocenters. The third-order valence-corrected chi connectivity index (χ3v) is 3.72. The third kappa shape index (κ3) is 20.8. The number of carbonyl (C=O) groups excluding carboxylic acids is 1. The fourth-order valence-electron chi connectivity index (χ4n) is 2.36. The van der Waals surface area contributed by atoms with Crippen LogP contribution in [0.3, 0.4) is 0 Å². The van der Waals surface area contributed by atoms with E-state index in [0.29, 0.717) is 0 Å². The Morgan fingerprint density at radius 3 is 2.32 bits per heavy atom. The Labute approximate surface area is 179 Å². The summed E-state index contributed by atoms with van der Waals surface area (Å²) in [6.07, 6.45) is 17.0. The number of hydrogen-bond acceptors (Lipinski definition) is 3. The number of aliphatic hydroxyl groups excluding tert-OH is 1. The first-order valence-electron chi connectivity index (χ1n) is 8.69.